The zero-order valence-electron chi connectivity index (χ0n) is 29.2. The van der Waals surface area contributed by atoms with Crippen molar-refractivity contribution >= 4 is 33.1 Å². The molecule has 1 heteroatoms. The van der Waals surface area contributed by atoms with Gasteiger partial charge in [0.25, 0.3) is 0 Å². The number of halogens is 1. The molecule has 0 atom stereocenters. The highest BCUT2D eigenvalue weighted by atomic mass is 35.5. The first-order valence-electron chi connectivity index (χ1n) is 17.0. The van der Waals surface area contributed by atoms with E-state index < -0.39 is 0 Å². The normalized spacial score (nSPS) is 11.2. The van der Waals surface area contributed by atoms with Gasteiger partial charge < -0.3 is 0 Å². The van der Waals surface area contributed by atoms with Crippen molar-refractivity contribution in [2.24, 2.45) is 0 Å². The molecule has 48 heavy (non-hydrogen) atoms. The average molecular weight is 649 g/mol. The minimum atomic E-state index is 0.840. The number of hydrogen-bond acceptors (Lipinski definition) is 0. The maximum atomic E-state index is 5.71. The smallest absolute Gasteiger partial charge is 0.0435 e. The molecule has 0 radical (unpaired) electrons. The van der Waals surface area contributed by atoms with Crippen molar-refractivity contribution < 1.29 is 0 Å². The average Bonchev–Trinajstić information content (AvgIpc) is 3.12. The fourth-order valence-corrected chi connectivity index (χ4v) is 5.89. The lowest BCUT2D eigenvalue weighted by Crippen LogP contribution is -2.03. The Morgan fingerprint density at radius 1 is 0.396 bits per heavy atom. The van der Waals surface area contributed by atoms with E-state index in [0.29, 0.717) is 0 Å². The molecule has 0 unspecified atom stereocenters. The number of rotatable bonds is 0. The first kappa shape index (κ1) is 36.2. The molecule has 0 bridgehead atoms. The van der Waals surface area contributed by atoms with E-state index in [1.165, 1.54) is 69.5 Å². The zero-order valence-corrected chi connectivity index (χ0v) is 30.0. The van der Waals surface area contributed by atoms with Gasteiger partial charge in [0.1, 0.15) is 0 Å². The van der Waals surface area contributed by atoms with Gasteiger partial charge in [-0.05, 0) is 116 Å². The summed E-state index contributed by atoms with van der Waals surface area (Å²) in [5.74, 6) is 0. The van der Waals surface area contributed by atoms with Gasteiger partial charge in [0.2, 0.25) is 0 Å². The van der Waals surface area contributed by atoms with E-state index in [1.54, 1.807) is 11.1 Å². The molecular weight excluding hydrogens is 600 g/mol. The highest BCUT2D eigenvalue weighted by molar-refractivity contribution is 6.31. The summed E-state index contributed by atoms with van der Waals surface area (Å²) in [5, 5.41) is 6.17. The van der Waals surface area contributed by atoms with Crippen LogP contribution >= 0.6 is 11.6 Å². The van der Waals surface area contributed by atoms with Crippen LogP contribution in [-0.4, -0.2) is 0 Å². The molecule has 1 aliphatic carbocycles. The molecule has 0 saturated carbocycles. The Labute approximate surface area is 294 Å². The van der Waals surface area contributed by atoms with E-state index in [9.17, 15) is 0 Å². The van der Waals surface area contributed by atoms with Gasteiger partial charge in [-0.2, -0.15) is 0 Å². The Morgan fingerprint density at radius 2 is 0.958 bits per heavy atom. The van der Waals surface area contributed by atoms with Crippen molar-refractivity contribution in [2.45, 2.75) is 60.3 Å². The van der Waals surface area contributed by atoms with Gasteiger partial charge in [-0.15, -0.1) is 0 Å². The van der Waals surface area contributed by atoms with Gasteiger partial charge >= 0.3 is 0 Å². The van der Waals surface area contributed by atoms with Gasteiger partial charge in [-0.3, -0.25) is 0 Å². The molecule has 0 aliphatic heterocycles. The second-order valence-electron chi connectivity index (χ2n) is 12.5. The second-order valence-corrected chi connectivity index (χ2v) is 12.9. The van der Waals surface area contributed by atoms with Crippen LogP contribution in [0.25, 0.3) is 21.5 Å². The van der Waals surface area contributed by atoms with Gasteiger partial charge in [-0.1, -0.05) is 174 Å². The summed E-state index contributed by atoms with van der Waals surface area (Å²) in [5.41, 5.74) is 9.83. The number of benzene rings is 7. The Bertz CT molecular complexity index is 1950. The highest BCUT2D eigenvalue weighted by Crippen LogP contribution is 2.23. The third kappa shape index (κ3) is 11.5. The summed E-state index contributed by atoms with van der Waals surface area (Å²) in [6, 6.07) is 54.5. The molecule has 244 valence electrons. The predicted octanol–water partition coefficient (Wildman–Crippen LogP) is 13.8. The van der Waals surface area contributed by atoms with Crippen LogP contribution in [0, 0.1) is 34.6 Å². The van der Waals surface area contributed by atoms with Gasteiger partial charge in [-0.25, -0.2) is 0 Å². The van der Waals surface area contributed by atoms with E-state index >= 15 is 0 Å². The summed E-state index contributed by atoms with van der Waals surface area (Å²) < 4.78 is 0. The zero-order chi connectivity index (χ0) is 34.1. The van der Waals surface area contributed by atoms with Crippen LogP contribution in [0.2, 0.25) is 5.02 Å². The second kappa shape index (κ2) is 19.2. The van der Waals surface area contributed by atoms with Gasteiger partial charge in [0.15, 0.2) is 0 Å². The first-order chi connectivity index (χ1) is 23.3. The molecule has 1 aliphatic rings. The largest absolute Gasteiger partial charge is 0.0841 e. The van der Waals surface area contributed by atoms with E-state index in [1.807, 2.05) is 49.4 Å². The van der Waals surface area contributed by atoms with Gasteiger partial charge in [0.05, 0.1) is 0 Å². The van der Waals surface area contributed by atoms with Crippen molar-refractivity contribution in [1.29, 1.82) is 0 Å². The quantitative estimate of drug-likeness (QED) is 0.153. The molecule has 0 spiro atoms. The third-order valence-corrected chi connectivity index (χ3v) is 8.98. The molecule has 0 aromatic heterocycles. The summed E-state index contributed by atoms with van der Waals surface area (Å²) in [6.45, 7) is 10.6. The van der Waals surface area contributed by atoms with Crippen LogP contribution in [0.4, 0.5) is 0 Å². The summed E-state index contributed by atoms with van der Waals surface area (Å²) in [7, 11) is 0. The Morgan fingerprint density at radius 3 is 1.60 bits per heavy atom. The van der Waals surface area contributed by atoms with Crippen LogP contribution in [0.1, 0.15) is 51.8 Å². The predicted molar refractivity (Wildman–Crippen MR) is 213 cm³/mol. The first-order valence-corrected chi connectivity index (χ1v) is 17.4. The Balaban J connectivity index is 0.000000137. The van der Waals surface area contributed by atoms with Crippen LogP contribution < -0.4 is 0 Å². The highest BCUT2D eigenvalue weighted by Gasteiger charge is 2.09. The minimum Gasteiger partial charge on any atom is -0.0841 e. The molecule has 0 saturated heterocycles. The topological polar surface area (TPSA) is 0 Å². The molecule has 8 rings (SSSR count). The molecule has 7 aromatic carbocycles. The molecule has 0 nitrogen and oxygen atoms in total. The maximum Gasteiger partial charge on any atom is 0.0435 e. The monoisotopic (exact) mass is 648 g/mol. The summed E-state index contributed by atoms with van der Waals surface area (Å²) in [4.78, 5) is 0. The van der Waals surface area contributed by atoms with Gasteiger partial charge in [0, 0.05) is 5.02 Å². The van der Waals surface area contributed by atoms with Crippen LogP contribution in [0.5, 0.6) is 0 Å². The molecule has 0 fully saturated rings. The number of fused-ring (bicyclic) bond motifs is 3. The minimum absolute atomic E-state index is 0.840. The van der Waals surface area contributed by atoms with Crippen LogP contribution in [-0.2, 0) is 12.8 Å². The Hall–Kier alpha value is -4.65. The van der Waals surface area contributed by atoms with E-state index in [2.05, 4.69) is 143 Å². The molecule has 0 heterocycles. The maximum absolute atomic E-state index is 5.71. The lowest BCUT2D eigenvalue weighted by Gasteiger charge is -2.17. The van der Waals surface area contributed by atoms with Crippen molar-refractivity contribution in [3.63, 3.8) is 0 Å². The van der Waals surface area contributed by atoms with E-state index in [0.717, 1.165) is 10.6 Å². The van der Waals surface area contributed by atoms with Crippen LogP contribution in [0.3, 0.4) is 0 Å². The molecule has 0 amide bonds. The summed E-state index contributed by atoms with van der Waals surface area (Å²) in [6.07, 6.45) is 5.38. The SMILES string of the molecule is Cc1ccc2ccccc2c1.Cc1cccc2c1CCCC2.Cc1cccc2ccccc12.Cc1ccccc1.Cc1ccccc1Cl. The number of hydrogen-bond donors (Lipinski definition) is 0. The number of aryl methyl sites for hydroxylation is 6. The molecular formula is C47H49Cl. The van der Waals surface area contributed by atoms with Crippen molar-refractivity contribution in [3.8, 4) is 0 Å². The fourth-order valence-electron chi connectivity index (χ4n) is 5.75. The van der Waals surface area contributed by atoms with E-state index in [4.69, 9.17) is 11.6 Å². The lowest BCUT2D eigenvalue weighted by molar-refractivity contribution is 0.682. The third-order valence-electron chi connectivity index (χ3n) is 8.56. The summed E-state index contributed by atoms with van der Waals surface area (Å²) >= 11 is 5.71. The standard InChI is InChI=1S/C11H14.2C11H10.C7H7Cl.C7H8/c2*1-9-5-4-7-10-6-2-3-8-11(9)10;1-9-6-7-10-4-2-3-5-11(10)8-9;1-6-4-2-3-5-7(6)8;1-7-5-3-2-4-6-7/h4-5,7H,2-3,6,8H2,1H3;2*2-8H,1H3;2-5H,1H3;2-6H,1H3. The molecule has 7 aromatic rings. The Kier molecular flexibility index (Phi) is 14.5. The fraction of sp³-hybridized carbons (Fsp3) is 0.191. The van der Waals surface area contributed by atoms with Crippen molar-refractivity contribution in [1.82, 2.24) is 0 Å². The van der Waals surface area contributed by atoms with Crippen LogP contribution in [0.15, 0.2) is 158 Å². The molecule has 0 N–H and O–H groups in total. The van der Waals surface area contributed by atoms with Crippen molar-refractivity contribution in [2.75, 3.05) is 0 Å². The van der Waals surface area contributed by atoms with E-state index in [-0.39, 0.29) is 0 Å². The van der Waals surface area contributed by atoms with Crippen molar-refractivity contribution in [3.05, 3.63) is 202 Å². The lowest BCUT2D eigenvalue weighted by atomic mass is 9.89.